The molecule has 1 aromatic rings. The largest absolute Gasteiger partial charge is 0.416 e. The first-order valence-corrected chi connectivity index (χ1v) is 10.0. The number of halogens is 4. The Morgan fingerprint density at radius 1 is 1.30 bits per heavy atom. The molecule has 0 aromatic heterocycles. The predicted octanol–water partition coefficient (Wildman–Crippen LogP) is 4.24. The monoisotopic (exact) mass is 540 g/mol. The molecule has 1 saturated heterocycles. The minimum Gasteiger partial charge on any atom is -0.356 e. The molecule has 2 rings (SSSR count). The lowest BCUT2D eigenvalue weighted by atomic mass is 9.96. The molecule has 1 fully saturated rings. The molecule has 1 aliphatic rings. The standard InChI is InChI=1S/C21H31F3N4O.HI/c1-14(2)19(29)28-11-9-18(13-28)27-20(25-4)26-10-8-15(3)16-6-5-7-17(12-16)21(22,23)24;/h5-7,12,14-15,18H,8-11,13H2,1-4H3,(H2,25,26,27);1H. The van der Waals surface area contributed by atoms with Gasteiger partial charge >= 0.3 is 6.18 Å². The number of rotatable bonds is 6. The lowest BCUT2D eigenvalue weighted by Crippen LogP contribution is -2.45. The minimum absolute atomic E-state index is 0. The molecule has 0 bridgehead atoms. The first kappa shape index (κ1) is 26.5. The van der Waals surface area contributed by atoms with Crippen LogP contribution in [0.4, 0.5) is 13.2 Å². The number of nitrogens with one attached hydrogen (secondary N) is 2. The number of aliphatic imine (C=N–C) groups is 1. The third-order valence-corrected chi connectivity index (χ3v) is 5.21. The van der Waals surface area contributed by atoms with Crippen LogP contribution < -0.4 is 10.6 Å². The number of nitrogens with zero attached hydrogens (tertiary/aromatic N) is 2. The summed E-state index contributed by atoms with van der Waals surface area (Å²) < 4.78 is 38.7. The van der Waals surface area contributed by atoms with Crippen LogP contribution in [0.25, 0.3) is 0 Å². The molecule has 2 atom stereocenters. The molecule has 5 nitrogen and oxygen atoms in total. The van der Waals surface area contributed by atoms with E-state index in [0.29, 0.717) is 31.0 Å². The number of alkyl halides is 3. The zero-order chi connectivity index (χ0) is 21.6. The fourth-order valence-electron chi connectivity index (χ4n) is 3.43. The second-order valence-corrected chi connectivity index (χ2v) is 7.88. The Balaban J connectivity index is 0.00000450. The number of carbonyl (C=O) groups is 1. The minimum atomic E-state index is -4.33. The van der Waals surface area contributed by atoms with Gasteiger partial charge in [-0.1, -0.05) is 39.0 Å². The summed E-state index contributed by atoms with van der Waals surface area (Å²) in [7, 11) is 1.68. The third-order valence-electron chi connectivity index (χ3n) is 5.21. The van der Waals surface area contributed by atoms with Crippen LogP contribution in [0, 0.1) is 5.92 Å². The molecule has 1 aromatic carbocycles. The van der Waals surface area contributed by atoms with E-state index in [1.807, 2.05) is 25.7 Å². The highest BCUT2D eigenvalue weighted by molar-refractivity contribution is 14.0. The lowest BCUT2D eigenvalue weighted by Gasteiger charge is -2.21. The van der Waals surface area contributed by atoms with E-state index in [4.69, 9.17) is 0 Å². The molecule has 0 spiro atoms. The average Bonchev–Trinajstić information content (AvgIpc) is 3.14. The summed E-state index contributed by atoms with van der Waals surface area (Å²) in [5.74, 6) is 0.773. The van der Waals surface area contributed by atoms with E-state index < -0.39 is 11.7 Å². The quantitative estimate of drug-likeness (QED) is 0.323. The number of amides is 1. The maximum Gasteiger partial charge on any atom is 0.416 e. The van der Waals surface area contributed by atoms with Crippen molar-refractivity contribution in [3.05, 3.63) is 35.4 Å². The highest BCUT2D eigenvalue weighted by atomic mass is 127. The van der Waals surface area contributed by atoms with Gasteiger partial charge in [-0.3, -0.25) is 9.79 Å². The van der Waals surface area contributed by atoms with E-state index in [-0.39, 0.29) is 47.8 Å². The maximum absolute atomic E-state index is 12.9. The zero-order valence-corrected chi connectivity index (χ0v) is 20.3. The molecule has 1 amide bonds. The van der Waals surface area contributed by atoms with Crippen molar-refractivity contribution >= 4 is 35.8 Å². The molecule has 1 heterocycles. The molecule has 9 heteroatoms. The van der Waals surface area contributed by atoms with Gasteiger partial charge in [0.2, 0.25) is 5.91 Å². The van der Waals surface area contributed by atoms with Crippen LogP contribution in [0.5, 0.6) is 0 Å². The van der Waals surface area contributed by atoms with E-state index in [0.717, 1.165) is 19.0 Å². The van der Waals surface area contributed by atoms with E-state index >= 15 is 0 Å². The molecular formula is C21H32F3IN4O. The summed E-state index contributed by atoms with van der Waals surface area (Å²) >= 11 is 0. The average molecular weight is 540 g/mol. The van der Waals surface area contributed by atoms with Crippen molar-refractivity contribution in [3.8, 4) is 0 Å². The van der Waals surface area contributed by atoms with Crippen LogP contribution >= 0.6 is 24.0 Å². The van der Waals surface area contributed by atoms with Crippen LogP contribution in [-0.2, 0) is 11.0 Å². The molecule has 2 N–H and O–H groups in total. The maximum atomic E-state index is 12.9. The van der Waals surface area contributed by atoms with Crippen LogP contribution in [0.3, 0.4) is 0 Å². The zero-order valence-electron chi connectivity index (χ0n) is 17.9. The number of carbonyl (C=O) groups excluding carboxylic acids is 1. The van der Waals surface area contributed by atoms with Gasteiger partial charge in [0, 0.05) is 38.6 Å². The Bertz CT molecular complexity index is 724. The Hall–Kier alpha value is -1.52. The number of hydrogen-bond donors (Lipinski definition) is 2. The molecular weight excluding hydrogens is 508 g/mol. The van der Waals surface area contributed by atoms with Gasteiger partial charge in [-0.05, 0) is 30.4 Å². The van der Waals surface area contributed by atoms with Gasteiger partial charge in [0.25, 0.3) is 0 Å². The molecule has 170 valence electrons. The number of benzene rings is 1. The summed E-state index contributed by atoms with van der Waals surface area (Å²) in [5.41, 5.74) is 0.0530. The van der Waals surface area contributed by atoms with Crippen molar-refractivity contribution in [1.29, 1.82) is 0 Å². The lowest BCUT2D eigenvalue weighted by molar-refractivity contribution is -0.137. The number of likely N-dealkylation sites (tertiary alicyclic amines) is 1. The van der Waals surface area contributed by atoms with Gasteiger partial charge in [-0.15, -0.1) is 24.0 Å². The summed E-state index contributed by atoms with van der Waals surface area (Å²) in [6.45, 7) is 7.68. The fourth-order valence-corrected chi connectivity index (χ4v) is 3.43. The topological polar surface area (TPSA) is 56.7 Å². The second-order valence-electron chi connectivity index (χ2n) is 7.88. The fraction of sp³-hybridized carbons (Fsp3) is 0.619. The van der Waals surface area contributed by atoms with Gasteiger partial charge in [0.05, 0.1) is 5.56 Å². The third kappa shape index (κ3) is 7.63. The summed E-state index contributed by atoms with van der Waals surface area (Å²) in [4.78, 5) is 18.2. The number of hydrogen-bond acceptors (Lipinski definition) is 2. The Labute approximate surface area is 193 Å². The van der Waals surface area contributed by atoms with Gasteiger partial charge < -0.3 is 15.5 Å². The van der Waals surface area contributed by atoms with E-state index in [2.05, 4.69) is 15.6 Å². The van der Waals surface area contributed by atoms with Crippen molar-refractivity contribution in [2.75, 3.05) is 26.7 Å². The van der Waals surface area contributed by atoms with Crippen LogP contribution in [0.15, 0.2) is 29.3 Å². The molecule has 0 saturated carbocycles. The van der Waals surface area contributed by atoms with Gasteiger partial charge in [-0.25, -0.2) is 0 Å². The first-order valence-electron chi connectivity index (χ1n) is 10.0. The predicted molar refractivity (Wildman–Crippen MR) is 124 cm³/mol. The normalized spacial score (nSPS) is 18.2. The van der Waals surface area contributed by atoms with Gasteiger partial charge in [0.1, 0.15) is 0 Å². The van der Waals surface area contributed by atoms with E-state index in [1.165, 1.54) is 12.1 Å². The van der Waals surface area contributed by atoms with Gasteiger partial charge in [-0.2, -0.15) is 13.2 Å². The second kappa shape index (κ2) is 11.8. The van der Waals surface area contributed by atoms with E-state index in [1.54, 1.807) is 13.1 Å². The van der Waals surface area contributed by atoms with Crippen molar-refractivity contribution in [1.82, 2.24) is 15.5 Å². The molecule has 0 radical (unpaired) electrons. The molecule has 2 unspecified atom stereocenters. The van der Waals surface area contributed by atoms with Crippen LogP contribution in [0.2, 0.25) is 0 Å². The highest BCUT2D eigenvalue weighted by Crippen LogP contribution is 2.31. The van der Waals surface area contributed by atoms with Crippen molar-refractivity contribution in [3.63, 3.8) is 0 Å². The SMILES string of the molecule is CN=C(NCCC(C)c1cccc(C(F)(F)F)c1)NC1CCN(C(=O)C(C)C)C1.I. The van der Waals surface area contributed by atoms with E-state index in [9.17, 15) is 18.0 Å². The summed E-state index contributed by atoms with van der Waals surface area (Å²) in [6, 6.07) is 5.63. The molecule has 0 aliphatic carbocycles. The Kier molecular flexibility index (Phi) is 10.4. The first-order chi connectivity index (χ1) is 13.6. The molecule has 1 aliphatic heterocycles. The van der Waals surface area contributed by atoms with Crippen LogP contribution in [-0.4, -0.2) is 49.5 Å². The molecule has 30 heavy (non-hydrogen) atoms. The van der Waals surface area contributed by atoms with Crippen molar-refractivity contribution in [2.45, 2.75) is 51.7 Å². The van der Waals surface area contributed by atoms with Crippen LogP contribution in [0.1, 0.15) is 50.7 Å². The Morgan fingerprint density at radius 3 is 2.60 bits per heavy atom. The smallest absolute Gasteiger partial charge is 0.356 e. The highest BCUT2D eigenvalue weighted by Gasteiger charge is 2.31. The van der Waals surface area contributed by atoms with Crippen molar-refractivity contribution in [2.24, 2.45) is 10.9 Å². The van der Waals surface area contributed by atoms with Crippen molar-refractivity contribution < 1.29 is 18.0 Å². The number of guanidine groups is 1. The summed E-state index contributed by atoms with van der Waals surface area (Å²) in [5, 5.41) is 6.55. The summed E-state index contributed by atoms with van der Waals surface area (Å²) in [6.07, 6.45) is -2.80. The van der Waals surface area contributed by atoms with Gasteiger partial charge in [0.15, 0.2) is 5.96 Å². The Morgan fingerprint density at radius 2 is 2.00 bits per heavy atom.